The van der Waals surface area contributed by atoms with Crippen molar-refractivity contribution in [1.82, 2.24) is 9.88 Å². The van der Waals surface area contributed by atoms with E-state index in [9.17, 15) is 4.79 Å². The zero-order valence-electron chi connectivity index (χ0n) is 12.8. The van der Waals surface area contributed by atoms with Gasteiger partial charge in [0.1, 0.15) is 11.1 Å². The van der Waals surface area contributed by atoms with Crippen molar-refractivity contribution in [3.63, 3.8) is 0 Å². The first-order chi connectivity index (χ1) is 11.3. The standard InChI is InChI=1S/C18H18N2O2S/c21-17-12-23-18(14-4-5-16-13(11-14)7-10-22-16)20(17)9-6-15-3-1-2-8-19-15/h1-5,8,11,18H,6-7,9-10,12H2. The van der Waals surface area contributed by atoms with Crippen LogP contribution in [0, 0.1) is 0 Å². The quantitative estimate of drug-likeness (QED) is 0.866. The minimum Gasteiger partial charge on any atom is -0.493 e. The Morgan fingerprint density at radius 2 is 2.26 bits per heavy atom. The van der Waals surface area contributed by atoms with Gasteiger partial charge in [-0.1, -0.05) is 12.1 Å². The Balaban J connectivity index is 1.52. The van der Waals surface area contributed by atoms with Gasteiger partial charge >= 0.3 is 0 Å². The maximum Gasteiger partial charge on any atom is 0.233 e. The van der Waals surface area contributed by atoms with Crippen LogP contribution in [0.25, 0.3) is 0 Å². The summed E-state index contributed by atoms with van der Waals surface area (Å²) >= 11 is 1.71. The van der Waals surface area contributed by atoms with Crippen molar-refractivity contribution in [2.75, 3.05) is 18.9 Å². The number of aromatic nitrogens is 1. The van der Waals surface area contributed by atoms with Gasteiger partial charge in [0.25, 0.3) is 0 Å². The van der Waals surface area contributed by atoms with E-state index in [0.717, 1.165) is 30.9 Å². The molecular weight excluding hydrogens is 308 g/mol. The lowest BCUT2D eigenvalue weighted by molar-refractivity contribution is -0.128. The Morgan fingerprint density at radius 3 is 3.13 bits per heavy atom. The van der Waals surface area contributed by atoms with E-state index in [1.54, 1.807) is 18.0 Å². The van der Waals surface area contributed by atoms with Crippen LogP contribution in [0.3, 0.4) is 0 Å². The average Bonchev–Trinajstić information content (AvgIpc) is 3.19. The molecule has 0 bridgehead atoms. The Morgan fingerprint density at radius 1 is 1.30 bits per heavy atom. The van der Waals surface area contributed by atoms with E-state index in [-0.39, 0.29) is 11.3 Å². The summed E-state index contributed by atoms with van der Waals surface area (Å²) in [6.07, 6.45) is 3.55. The number of carbonyl (C=O) groups excluding carboxylic acids is 1. The summed E-state index contributed by atoms with van der Waals surface area (Å²) in [6, 6.07) is 12.2. The number of fused-ring (bicyclic) bond motifs is 1. The zero-order chi connectivity index (χ0) is 15.6. The molecule has 118 valence electrons. The van der Waals surface area contributed by atoms with Crippen molar-refractivity contribution in [2.45, 2.75) is 18.2 Å². The molecule has 2 aromatic rings. The van der Waals surface area contributed by atoms with Gasteiger partial charge in [-0.3, -0.25) is 9.78 Å². The van der Waals surface area contributed by atoms with Crippen LogP contribution in [0.1, 0.15) is 22.2 Å². The van der Waals surface area contributed by atoms with Crippen molar-refractivity contribution in [3.8, 4) is 5.75 Å². The highest BCUT2D eigenvalue weighted by Gasteiger charge is 2.33. The topological polar surface area (TPSA) is 42.4 Å². The number of ether oxygens (including phenoxy) is 1. The third kappa shape index (κ3) is 2.93. The van der Waals surface area contributed by atoms with Gasteiger partial charge in [-0.2, -0.15) is 0 Å². The van der Waals surface area contributed by atoms with Crippen LogP contribution in [-0.2, 0) is 17.6 Å². The molecule has 1 aromatic heterocycles. The Bertz CT molecular complexity index is 720. The van der Waals surface area contributed by atoms with E-state index >= 15 is 0 Å². The third-order valence-corrected chi connectivity index (χ3v) is 5.56. The predicted octanol–water partition coefficient (Wildman–Crippen LogP) is 2.83. The number of thioether (sulfide) groups is 1. The van der Waals surface area contributed by atoms with E-state index in [4.69, 9.17) is 4.74 Å². The van der Waals surface area contributed by atoms with Crippen molar-refractivity contribution < 1.29 is 9.53 Å². The molecule has 0 spiro atoms. The van der Waals surface area contributed by atoms with Crippen LogP contribution < -0.4 is 4.74 Å². The summed E-state index contributed by atoms with van der Waals surface area (Å²) in [6.45, 7) is 1.47. The van der Waals surface area contributed by atoms with Crippen LogP contribution in [0.5, 0.6) is 5.75 Å². The lowest BCUT2D eigenvalue weighted by atomic mass is 10.1. The number of hydrogen-bond donors (Lipinski definition) is 0. The minimum absolute atomic E-state index is 0.108. The smallest absolute Gasteiger partial charge is 0.233 e. The van der Waals surface area contributed by atoms with Gasteiger partial charge in [-0.15, -0.1) is 11.8 Å². The fraction of sp³-hybridized carbons (Fsp3) is 0.333. The lowest BCUT2D eigenvalue weighted by Gasteiger charge is -2.24. The number of amides is 1. The van der Waals surface area contributed by atoms with Crippen LogP contribution in [0.2, 0.25) is 0 Å². The van der Waals surface area contributed by atoms with Crippen LogP contribution in [-0.4, -0.2) is 34.7 Å². The maximum atomic E-state index is 12.3. The molecule has 23 heavy (non-hydrogen) atoms. The average molecular weight is 326 g/mol. The Kier molecular flexibility index (Phi) is 3.95. The summed E-state index contributed by atoms with van der Waals surface area (Å²) in [4.78, 5) is 18.6. The summed E-state index contributed by atoms with van der Waals surface area (Å²) in [5.74, 6) is 1.76. The van der Waals surface area contributed by atoms with Crippen LogP contribution in [0.4, 0.5) is 0 Å². The molecule has 4 rings (SSSR count). The normalized spacial score (nSPS) is 19.7. The van der Waals surface area contributed by atoms with E-state index in [1.165, 1.54) is 11.1 Å². The first-order valence-electron chi connectivity index (χ1n) is 7.88. The second-order valence-corrected chi connectivity index (χ2v) is 6.86. The molecule has 2 aliphatic rings. The predicted molar refractivity (Wildman–Crippen MR) is 90.5 cm³/mol. The molecule has 4 nitrogen and oxygen atoms in total. The van der Waals surface area contributed by atoms with Crippen molar-refractivity contribution in [3.05, 3.63) is 59.4 Å². The molecule has 1 amide bonds. The van der Waals surface area contributed by atoms with Gasteiger partial charge in [0.2, 0.25) is 5.91 Å². The molecule has 1 atom stereocenters. The molecule has 0 saturated carbocycles. The molecule has 1 unspecified atom stereocenters. The summed E-state index contributed by atoms with van der Waals surface area (Å²) in [7, 11) is 0. The highest BCUT2D eigenvalue weighted by atomic mass is 32.2. The minimum atomic E-state index is 0.108. The second-order valence-electron chi connectivity index (χ2n) is 5.79. The van der Waals surface area contributed by atoms with Gasteiger partial charge in [0.05, 0.1) is 12.4 Å². The van der Waals surface area contributed by atoms with Gasteiger partial charge < -0.3 is 9.64 Å². The molecule has 0 N–H and O–H groups in total. The number of carbonyl (C=O) groups is 1. The molecule has 1 fully saturated rings. The SMILES string of the molecule is O=C1CSC(c2ccc3c(c2)CCO3)N1CCc1ccccn1. The monoisotopic (exact) mass is 326 g/mol. The van der Waals surface area contributed by atoms with Crippen molar-refractivity contribution in [2.24, 2.45) is 0 Å². The first kappa shape index (κ1) is 14.6. The largest absolute Gasteiger partial charge is 0.493 e. The van der Waals surface area contributed by atoms with Gasteiger partial charge in [-0.05, 0) is 35.4 Å². The van der Waals surface area contributed by atoms with E-state index in [1.807, 2.05) is 29.2 Å². The highest BCUT2D eigenvalue weighted by molar-refractivity contribution is 8.00. The van der Waals surface area contributed by atoms with Crippen molar-refractivity contribution in [1.29, 1.82) is 0 Å². The molecule has 0 radical (unpaired) electrons. The third-order valence-electron chi connectivity index (χ3n) is 4.30. The zero-order valence-corrected chi connectivity index (χ0v) is 13.6. The maximum absolute atomic E-state index is 12.3. The highest BCUT2D eigenvalue weighted by Crippen LogP contribution is 2.40. The molecule has 5 heteroatoms. The van der Waals surface area contributed by atoms with Gasteiger partial charge in [-0.25, -0.2) is 0 Å². The number of nitrogens with zero attached hydrogens (tertiary/aromatic N) is 2. The molecular formula is C18H18N2O2S. The number of rotatable bonds is 4. The fourth-order valence-corrected chi connectivity index (χ4v) is 4.32. The van der Waals surface area contributed by atoms with E-state index in [0.29, 0.717) is 12.3 Å². The summed E-state index contributed by atoms with van der Waals surface area (Å²) in [5.41, 5.74) is 3.48. The van der Waals surface area contributed by atoms with Gasteiger partial charge in [0.15, 0.2) is 0 Å². The Hall–Kier alpha value is -2.01. The van der Waals surface area contributed by atoms with E-state index < -0.39 is 0 Å². The molecule has 2 aliphatic heterocycles. The molecule has 0 aliphatic carbocycles. The number of benzene rings is 1. The Labute approximate surface area is 139 Å². The van der Waals surface area contributed by atoms with Crippen LogP contribution >= 0.6 is 11.8 Å². The van der Waals surface area contributed by atoms with Crippen molar-refractivity contribution >= 4 is 17.7 Å². The number of hydrogen-bond acceptors (Lipinski definition) is 4. The fourth-order valence-electron chi connectivity index (χ4n) is 3.11. The molecule has 1 saturated heterocycles. The van der Waals surface area contributed by atoms with E-state index in [2.05, 4.69) is 17.1 Å². The first-order valence-corrected chi connectivity index (χ1v) is 8.93. The molecule has 3 heterocycles. The lowest BCUT2D eigenvalue weighted by Crippen LogP contribution is -2.30. The molecule has 1 aromatic carbocycles. The number of pyridine rings is 1. The summed E-state index contributed by atoms with van der Waals surface area (Å²) in [5, 5.41) is 0.108. The second kappa shape index (κ2) is 6.24. The summed E-state index contributed by atoms with van der Waals surface area (Å²) < 4.78 is 5.57. The van der Waals surface area contributed by atoms with Gasteiger partial charge in [0, 0.05) is 31.3 Å². The van der Waals surface area contributed by atoms with Crippen LogP contribution in [0.15, 0.2) is 42.6 Å².